The summed E-state index contributed by atoms with van der Waals surface area (Å²) in [5.41, 5.74) is 1.45. The number of hydrogen-bond donors (Lipinski definition) is 2. The number of piperidine rings is 1. The number of nitrogens with one attached hydrogen (secondary N) is 2. The molecular weight excluding hydrogens is 352 g/mol. The highest BCUT2D eigenvalue weighted by Gasteiger charge is 2.39. The Hall–Kier alpha value is -1.57. The number of ether oxygens (including phenoxy) is 2. The van der Waals surface area contributed by atoms with E-state index in [0.29, 0.717) is 18.8 Å². The first kappa shape index (κ1) is 20.7. The zero-order chi connectivity index (χ0) is 18.8. The Morgan fingerprint density at radius 2 is 2.04 bits per heavy atom. The van der Waals surface area contributed by atoms with Crippen LogP contribution in [-0.4, -0.2) is 51.5 Å². The van der Waals surface area contributed by atoms with Crippen molar-refractivity contribution in [3.63, 3.8) is 0 Å². The van der Waals surface area contributed by atoms with Crippen molar-refractivity contribution in [1.82, 2.24) is 5.32 Å². The zero-order valence-electron chi connectivity index (χ0n) is 15.5. The van der Waals surface area contributed by atoms with E-state index in [2.05, 4.69) is 15.4 Å². The summed E-state index contributed by atoms with van der Waals surface area (Å²) in [6, 6.07) is 7.86. The molecule has 1 aromatic carbocycles. The van der Waals surface area contributed by atoms with Crippen LogP contribution in [0.4, 0.5) is 5.69 Å². The van der Waals surface area contributed by atoms with Crippen LogP contribution in [0.3, 0.4) is 0 Å². The standard InChI is InChI=1S/C19H28N2O4S/c1-24-14-19(7-9-20-10-8-19)18(23)21-16-5-3-4-15(12-16)13-26-11-6-17(22)25-2/h3-5,12,20H,6-11,13-14H2,1-2H3,(H,21,23). The second kappa shape index (κ2) is 10.5. The fourth-order valence-electron chi connectivity index (χ4n) is 3.07. The lowest BCUT2D eigenvalue weighted by atomic mass is 9.78. The predicted octanol–water partition coefficient (Wildman–Crippen LogP) is 2.44. The molecule has 1 heterocycles. The SMILES string of the molecule is COCC1(C(=O)Nc2cccc(CSCCC(=O)OC)c2)CCNCC1. The largest absolute Gasteiger partial charge is 0.469 e. The second-order valence-electron chi connectivity index (χ2n) is 6.50. The number of esters is 1. The van der Waals surface area contributed by atoms with E-state index < -0.39 is 5.41 Å². The minimum Gasteiger partial charge on any atom is -0.469 e. The van der Waals surface area contributed by atoms with Gasteiger partial charge in [-0.05, 0) is 43.6 Å². The Bertz CT molecular complexity index is 597. The molecule has 7 heteroatoms. The number of hydrogen-bond acceptors (Lipinski definition) is 6. The molecule has 0 radical (unpaired) electrons. The summed E-state index contributed by atoms with van der Waals surface area (Å²) < 4.78 is 9.97. The summed E-state index contributed by atoms with van der Waals surface area (Å²) >= 11 is 1.67. The number of methoxy groups -OCH3 is 2. The van der Waals surface area contributed by atoms with E-state index >= 15 is 0 Å². The van der Waals surface area contributed by atoms with Crippen LogP contribution >= 0.6 is 11.8 Å². The smallest absolute Gasteiger partial charge is 0.306 e. The van der Waals surface area contributed by atoms with Crippen LogP contribution < -0.4 is 10.6 Å². The van der Waals surface area contributed by atoms with Crippen LogP contribution in [0.25, 0.3) is 0 Å². The highest BCUT2D eigenvalue weighted by atomic mass is 32.2. The molecular formula is C19H28N2O4S. The van der Waals surface area contributed by atoms with Crippen LogP contribution in [0.15, 0.2) is 24.3 Å². The Kier molecular flexibility index (Phi) is 8.41. The maximum atomic E-state index is 12.9. The van der Waals surface area contributed by atoms with Crippen molar-refractivity contribution in [3.8, 4) is 0 Å². The predicted molar refractivity (Wildman–Crippen MR) is 104 cm³/mol. The van der Waals surface area contributed by atoms with E-state index in [1.807, 2.05) is 24.3 Å². The topological polar surface area (TPSA) is 76.7 Å². The first-order chi connectivity index (χ1) is 12.6. The molecule has 144 valence electrons. The summed E-state index contributed by atoms with van der Waals surface area (Å²) in [7, 11) is 3.04. The minimum atomic E-state index is -0.467. The molecule has 1 aromatic rings. The fourth-order valence-corrected chi connectivity index (χ4v) is 3.94. The van der Waals surface area contributed by atoms with Crippen molar-refractivity contribution < 1.29 is 19.1 Å². The Balaban J connectivity index is 1.92. The van der Waals surface area contributed by atoms with Gasteiger partial charge in [-0.3, -0.25) is 9.59 Å². The van der Waals surface area contributed by atoms with Gasteiger partial charge in [-0.15, -0.1) is 0 Å². The van der Waals surface area contributed by atoms with E-state index in [1.165, 1.54) is 7.11 Å². The summed E-state index contributed by atoms with van der Waals surface area (Å²) in [6.45, 7) is 2.09. The third-order valence-electron chi connectivity index (χ3n) is 4.59. The Labute approximate surface area is 159 Å². The number of carbonyl (C=O) groups excluding carboxylic acids is 2. The number of amides is 1. The van der Waals surface area contributed by atoms with Gasteiger partial charge >= 0.3 is 5.97 Å². The van der Waals surface area contributed by atoms with Crippen molar-refractivity contribution in [2.75, 3.05) is 45.0 Å². The summed E-state index contributed by atoms with van der Waals surface area (Å²) in [6.07, 6.45) is 1.96. The molecule has 1 aliphatic rings. The molecule has 6 nitrogen and oxygen atoms in total. The van der Waals surface area contributed by atoms with Crippen molar-refractivity contribution >= 4 is 29.3 Å². The van der Waals surface area contributed by atoms with Gasteiger partial charge in [0.15, 0.2) is 0 Å². The van der Waals surface area contributed by atoms with Gasteiger partial charge in [0, 0.05) is 24.3 Å². The molecule has 2 N–H and O–H groups in total. The normalized spacial score (nSPS) is 16.1. The fraction of sp³-hybridized carbons (Fsp3) is 0.579. The highest BCUT2D eigenvalue weighted by Crippen LogP contribution is 2.31. The molecule has 0 saturated carbocycles. The number of rotatable bonds is 9. The van der Waals surface area contributed by atoms with Crippen LogP contribution in [0, 0.1) is 5.41 Å². The van der Waals surface area contributed by atoms with Crippen molar-refractivity contribution in [2.45, 2.75) is 25.0 Å². The summed E-state index contributed by atoms with van der Waals surface area (Å²) in [5, 5.41) is 6.36. The van der Waals surface area contributed by atoms with Crippen LogP contribution in [0.5, 0.6) is 0 Å². The Morgan fingerprint density at radius 3 is 2.73 bits per heavy atom. The lowest BCUT2D eigenvalue weighted by Gasteiger charge is -2.35. The molecule has 1 amide bonds. The molecule has 0 unspecified atom stereocenters. The van der Waals surface area contributed by atoms with E-state index in [9.17, 15) is 9.59 Å². The van der Waals surface area contributed by atoms with Gasteiger partial charge in [0.25, 0.3) is 0 Å². The second-order valence-corrected chi connectivity index (χ2v) is 7.60. The molecule has 1 aliphatic heterocycles. The summed E-state index contributed by atoms with van der Waals surface area (Å²) in [4.78, 5) is 24.0. The van der Waals surface area contributed by atoms with Gasteiger partial charge in [-0.1, -0.05) is 12.1 Å². The number of thioether (sulfide) groups is 1. The number of benzene rings is 1. The van der Waals surface area contributed by atoms with Crippen LogP contribution in [0.1, 0.15) is 24.8 Å². The number of carbonyl (C=O) groups is 2. The van der Waals surface area contributed by atoms with Crippen molar-refractivity contribution in [2.24, 2.45) is 5.41 Å². The lowest BCUT2D eigenvalue weighted by molar-refractivity contribution is -0.140. The molecule has 0 bridgehead atoms. The van der Waals surface area contributed by atoms with Crippen molar-refractivity contribution in [1.29, 1.82) is 0 Å². The van der Waals surface area contributed by atoms with E-state index in [-0.39, 0.29) is 11.9 Å². The number of anilines is 1. The van der Waals surface area contributed by atoms with Gasteiger partial charge in [0.2, 0.25) is 5.91 Å². The van der Waals surface area contributed by atoms with Gasteiger partial charge in [-0.25, -0.2) is 0 Å². The molecule has 0 atom stereocenters. The van der Waals surface area contributed by atoms with Gasteiger partial charge in [0.1, 0.15) is 0 Å². The third-order valence-corrected chi connectivity index (χ3v) is 5.62. The monoisotopic (exact) mass is 380 g/mol. The maximum Gasteiger partial charge on any atom is 0.306 e. The third kappa shape index (κ3) is 6.00. The van der Waals surface area contributed by atoms with E-state index in [0.717, 1.165) is 42.9 Å². The van der Waals surface area contributed by atoms with Crippen molar-refractivity contribution in [3.05, 3.63) is 29.8 Å². The molecule has 1 saturated heterocycles. The van der Waals surface area contributed by atoms with E-state index in [1.54, 1.807) is 18.9 Å². The molecule has 2 rings (SSSR count). The molecule has 1 fully saturated rings. The van der Waals surface area contributed by atoms with Crippen LogP contribution in [0.2, 0.25) is 0 Å². The highest BCUT2D eigenvalue weighted by molar-refractivity contribution is 7.98. The molecule has 0 spiro atoms. The zero-order valence-corrected chi connectivity index (χ0v) is 16.3. The average Bonchev–Trinajstić information content (AvgIpc) is 2.66. The lowest BCUT2D eigenvalue weighted by Crippen LogP contribution is -2.47. The molecule has 0 aromatic heterocycles. The van der Waals surface area contributed by atoms with Gasteiger partial charge in [-0.2, -0.15) is 11.8 Å². The van der Waals surface area contributed by atoms with Gasteiger partial charge < -0.3 is 20.1 Å². The van der Waals surface area contributed by atoms with Gasteiger partial charge in [0.05, 0.1) is 25.6 Å². The van der Waals surface area contributed by atoms with Crippen LogP contribution in [-0.2, 0) is 24.8 Å². The quantitative estimate of drug-likeness (QED) is 0.506. The summed E-state index contributed by atoms with van der Waals surface area (Å²) in [5.74, 6) is 1.33. The first-order valence-electron chi connectivity index (χ1n) is 8.84. The van der Waals surface area contributed by atoms with E-state index in [4.69, 9.17) is 4.74 Å². The molecule has 0 aliphatic carbocycles. The first-order valence-corrected chi connectivity index (χ1v) is 10.00. The maximum absolute atomic E-state index is 12.9. The Morgan fingerprint density at radius 1 is 1.27 bits per heavy atom. The molecule has 26 heavy (non-hydrogen) atoms. The average molecular weight is 381 g/mol. The minimum absolute atomic E-state index is 0.0244.